The smallest absolute Gasteiger partial charge is 0.164 e. The van der Waals surface area contributed by atoms with E-state index in [1.807, 2.05) is 36.4 Å². The van der Waals surface area contributed by atoms with Gasteiger partial charge in [-0.1, -0.05) is 158 Å². The lowest BCUT2D eigenvalue weighted by Gasteiger charge is -2.15. The predicted octanol–water partition coefficient (Wildman–Crippen LogP) is 13.7. The third-order valence-electron chi connectivity index (χ3n) is 11.6. The summed E-state index contributed by atoms with van der Waals surface area (Å²) in [5, 5.41) is 12.5. The molecular formula is C53H32N4. The molecule has 0 unspecified atom stereocenters. The van der Waals surface area contributed by atoms with E-state index in [0.29, 0.717) is 17.5 Å². The summed E-state index contributed by atoms with van der Waals surface area (Å²) in [4.78, 5) is 15.1. The van der Waals surface area contributed by atoms with Gasteiger partial charge in [0.05, 0.1) is 11.0 Å². The van der Waals surface area contributed by atoms with E-state index < -0.39 is 0 Å². The van der Waals surface area contributed by atoms with Crippen molar-refractivity contribution in [3.05, 3.63) is 194 Å². The summed E-state index contributed by atoms with van der Waals surface area (Å²) in [5.41, 5.74) is 8.83. The molecule has 57 heavy (non-hydrogen) atoms. The monoisotopic (exact) mass is 724 g/mol. The molecule has 0 radical (unpaired) electrons. The molecule has 0 fully saturated rings. The van der Waals surface area contributed by atoms with Crippen molar-refractivity contribution in [2.75, 3.05) is 0 Å². The highest BCUT2D eigenvalue weighted by atomic mass is 15.0. The Kier molecular flexibility index (Phi) is 6.89. The number of para-hydroxylation sites is 1. The summed E-state index contributed by atoms with van der Waals surface area (Å²) in [5.74, 6) is 1.96. The lowest BCUT2D eigenvalue weighted by Crippen LogP contribution is -2.00. The third-order valence-corrected chi connectivity index (χ3v) is 11.6. The van der Waals surface area contributed by atoms with E-state index in [0.717, 1.165) is 27.5 Å². The van der Waals surface area contributed by atoms with Crippen molar-refractivity contribution in [1.82, 2.24) is 19.5 Å². The summed E-state index contributed by atoms with van der Waals surface area (Å²) in [6.07, 6.45) is 0. The zero-order chi connectivity index (χ0) is 37.5. The van der Waals surface area contributed by atoms with Crippen molar-refractivity contribution in [3.8, 4) is 51.0 Å². The molecule has 0 atom stereocenters. The molecule has 0 aliphatic carbocycles. The molecule has 10 aromatic carbocycles. The quantitative estimate of drug-likeness (QED) is 0.166. The first kappa shape index (κ1) is 31.6. The SMILES string of the molecule is c1ccc(-c2nc(-c3ccccc3)nc(-c3ccc(-c4ccc5cc6c7c(c5c4)c4ccccc4c4cccc(c47)n6-c4ccccc4)c4ccccc34)n2)cc1. The highest BCUT2D eigenvalue weighted by Crippen LogP contribution is 2.47. The summed E-state index contributed by atoms with van der Waals surface area (Å²) >= 11 is 0. The highest BCUT2D eigenvalue weighted by Gasteiger charge is 2.22. The molecule has 0 spiro atoms. The Balaban J connectivity index is 1.10. The fourth-order valence-corrected chi connectivity index (χ4v) is 9.07. The maximum Gasteiger partial charge on any atom is 0.164 e. The van der Waals surface area contributed by atoms with Gasteiger partial charge in [0.25, 0.3) is 0 Å². The second-order valence-corrected chi connectivity index (χ2v) is 14.7. The van der Waals surface area contributed by atoms with Crippen LogP contribution < -0.4 is 0 Å². The summed E-state index contributed by atoms with van der Waals surface area (Å²) in [6.45, 7) is 0. The maximum atomic E-state index is 5.10. The van der Waals surface area contributed by atoms with Gasteiger partial charge in [-0.05, 0) is 85.2 Å². The Morgan fingerprint density at radius 1 is 0.298 bits per heavy atom. The number of benzene rings is 10. The molecule has 12 aromatic rings. The largest absolute Gasteiger partial charge is 0.309 e. The van der Waals surface area contributed by atoms with Crippen LogP contribution >= 0.6 is 0 Å². The summed E-state index contributed by atoms with van der Waals surface area (Å²) in [6, 6.07) is 69.2. The van der Waals surface area contributed by atoms with Crippen molar-refractivity contribution in [1.29, 1.82) is 0 Å². The van der Waals surface area contributed by atoms with Crippen LogP contribution in [-0.2, 0) is 0 Å². The van der Waals surface area contributed by atoms with Gasteiger partial charge < -0.3 is 4.57 Å². The van der Waals surface area contributed by atoms with Gasteiger partial charge in [-0.2, -0.15) is 0 Å². The van der Waals surface area contributed by atoms with Gasteiger partial charge in [-0.25, -0.2) is 15.0 Å². The summed E-state index contributed by atoms with van der Waals surface area (Å²) in [7, 11) is 0. The molecule has 0 aliphatic rings. The minimum Gasteiger partial charge on any atom is -0.309 e. The second-order valence-electron chi connectivity index (χ2n) is 14.7. The van der Waals surface area contributed by atoms with Crippen molar-refractivity contribution in [3.63, 3.8) is 0 Å². The van der Waals surface area contributed by atoms with Gasteiger partial charge in [0.15, 0.2) is 17.5 Å². The molecular weight excluding hydrogens is 693 g/mol. The van der Waals surface area contributed by atoms with Gasteiger partial charge >= 0.3 is 0 Å². The first-order valence-corrected chi connectivity index (χ1v) is 19.4. The van der Waals surface area contributed by atoms with Crippen LogP contribution in [0.3, 0.4) is 0 Å². The van der Waals surface area contributed by atoms with Crippen molar-refractivity contribution in [2.24, 2.45) is 0 Å². The highest BCUT2D eigenvalue weighted by molar-refractivity contribution is 6.39. The van der Waals surface area contributed by atoms with Gasteiger partial charge in [0.1, 0.15) is 0 Å². The van der Waals surface area contributed by atoms with Gasteiger partial charge in [0, 0.05) is 38.5 Å². The van der Waals surface area contributed by atoms with Crippen LogP contribution in [0, 0.1) is 0 Å². The minimum absolute atomic E-state index is 0.651. The third kappa shape index (κ3) is 4.84. The number of hydrogen-bond donors (Lipinski definition) is 0. The lowest BCUT2D eigenvalue weighted by atomic mass is 9.89. The molecule has 0 saturated heterocycles. The Labute approximate surface area is 328 Å². The number of hydrogen-bond acceptors (Lipinski definition) is 3. The molecule has 2 heterocycles. The van der Waals surface area contributed by atoms with Crippen LogP contribution in [-0.4, -0.2) is 19.5 Å². The fraction of sp³-hybridized carbons (Fsp3) is 0. The molecule has 0 amide bonds. The zero-order valence-corrected chi connectivity index (χ0v) is 30.8. The van der Waals surface area contributed by atoms with Crippen LogP contribution in [0.1, 0.15) is 0 Å². The van der Waals surface area contributed by atoms with Crippen LogP contribution in [0.15, 0.2) is 194 Å². The Morgan fingerprint density at radius 3 is 1.54 bits per heavy atom. The van der Waals surface area contributed by atoms with Crippen LogP contribution in [0.2, 0.25) is 0 Å². The first-order valence-electron chi connectivity index (χ1n) is 19.4. The molecule has 4 nitrogen and oxygen atoms in total. The Morgan fingerprint density at radius 2 is 0.842 bits per heavy atom. The lowest BCUT2D eigenvalue weighted by molar-refractivity contribution is 1.08. The van der Waals surface area contributed by atoms with Gasteiger partial charge in [-0.3, -0.25) is 0 Å². The molecule has 0 aliphatic heterocycles. The molecule has 0 bridgehead atoms. The molecule has 2 aromatic heterocycles. The van der Waals surface area contributed by atoms with E-state index in [1.54, 1.807) is 0 Å². The van der Waals surface area contributed by atoms with Gasteiger partial charge in [-0.15, -0.1) is 0 Å². The fourth-order valence-electron chi connectivity index (χ4n) is 9.07. The first-order chi connectivity index (χ1) is 28.3. The van der Waals surface area contributed by atoms with Crippen LogP contribution in [0.25, 0.3) is 116 Å². The molecule has 0 N–H and O–H groups in total. The van der Waals surface area contributed by atoms with E-state index in [9.17, 15) is 0 Å². The molecule has 0 saturated carbocycles. The van der Waals surface area contributed by atoms with E-state index >= 15 is 0 Å². The molecule has 264 valence electrons. The number of rotatable bonds is 5. The predicted molar refractivity (Wildman–Crippen MR) is 237 cm³/mol. The van der Waals surface area contributed by atoms with Gasteiger partial charge in [0.2, 0.25) is 0 Å². The minimum atomic E-state index is 0.651. The van der Waals surface area contributed by atoms with E-state index in [-0.39, 0.29) is 0 Å². The van der Waals surface area contributed by atoms with Crippen molar-refractivity contribution < 1.29 is 0 Å². The standard InChI is InChI=1S/C53H32N4/c1-4-15-33(16-5-1)51-54-52(34-17-6-2-7-18-34)56-53(55-51)44-30-29-38(39-21-10-11-22-40(39)44)35-27-28-36-32-47-50-48(45(36)31-35)42-24-13-12-23-41(42)43-25-14-26-46(49(43)50)57(47)37-19-8-3-9-20-37/h1-32H. The molecule has 4 heteroatoms. The average molecular weight is 725 g/mol. The van der Waals surface area contributed by atoms with E-state index in [1.165, 1.54) is 70.9 Å². The molecule has 12 rings (SSSR count). The van der Waals surface area contributed by atoms with E-state index in [4.69, 9.17) is 15.0 Å². The average Bonchev–Trinajstić information content (AvgIpc) is 3.62. The van der Waals surface area contributed by atoms with Crippen molar-refractivity contribution in [2.45, 2.75) is 0 Å². The summed E-state index contributed by atoms with van der Waals surface area (Å²) < 4.78 is 2.44. The second kappa shape index (κ2) is 12.4. The Hall–Kier alpha value is -7.69. The van der Waals surface area contributed by atoms with Crippen LogP contribution in [0.5, 0.6) is 0 Å². The zero-order valence-electron chi connectivity index (χ0n) is 30.8. The number of aromatic nitrogens is 4. The topological polar surface area (TPSA) is 43.6 Å². The van der Waals surface area contributed by atoms with Crippen LogP contribution in [0.4, 0.5) is 0 Å². The van der Waals surface area contributed by atoms with Crippen molar-refractivity contribution >= 4 is 64.9 Å². The maximum absolute atomic E-state index is 5.10. The number of fused-ring (bicyclic) bond motifs is 6. The Bertz CT molecular complexity index is 3440. The van der Waals surface area contributed by atoms with E-state index in [2.05, 4.69) is 162 Å². The number of nitrogens with zero attached hydrogens (tertiary/aromatic N) is 4. The normalized spacial score (nSPS) is 11.9.